The third-order valence-corrected chi connectivity index (χ3v) is 10.6. The van der Waals surface area contributed by atoms with E-state index in [4.69, 9.17) is 9.47 Å². The van der Waals surface area contributed by atoms with Crippen molar-refractivity contribution < 1.29 is 24.2 Å². The molecule has 0 rings (SSSR count). The number of rotatable bonds is 44. The molecule has 0 radical (unpaired) electrons. The molecule has 57 heavy (non-hydrogen) atoms. The van der Waals surface area contributed by atoms with E-state index in [-0.39, 0.29) is 25.2 Å². The molecule has 0 aliphatic heterocycles. The lowest BCUT2D eigenvalue weighted by Gasteiger charge is -2.15. The highest BCUT2D eigenvalue weighted by molar-refractivity contribution is 5.70. The molecule has 1 unspecified atom stereocenters. The maximum absolute atomic E-state index is 12.2. The lowest BCUT2D eigenvalue weighted by atomic mass is 10.0. The number of carbonyl (C=O) groups excluding carboxylic acids is 2. The predicted octanol–water partition coefficient (Wildman–Crippen LogP) is 15.9. The molecule has 0 aromatic rings. The number of carbonyl (C=O) groups is 2. The van der Waals surface area contributed by atoms with Gasteiger partial charge in [0, 0.05) is 12.8 Å². The van der Waals surface area contributed by atoms with E-state index in [0.29, 0.717) is 12.8 Å². The molecule has 1 atom stereocenters. The zero-order chi connectivity index (χ0) is 41.4. The molecule has 1 N–H and O–H groups in total. The number of allylic oxidation sites excluding steroid dienone is 10. The summed E-state index contributed by atoms with van der Waals surface area (Å²) in [6, 6.07) is 0. The summed E-state index contributed by atoms with van der Waals surface area (Å²) in [7, 11) is 0. The van der Waals surface area contributed by atoms with Crippen molar-refractivity contribution in [3.63, 3.8) is 0 Å². The molecular formula is C52H92O5. The molecule has 0 aromatic heterocycles. The number of aliphatic hydroxyl groups is 1. The minimum Gasteiger partial charge on any atom is -0.462 e. The zero-order valence-electron chi connectivity index (χ0n) is 37.6. The summed E-state index contributed by atoms with van der Waals surface area (Å²) in [6.45, 7) is 4.03. The highest BCUT2D eigenvalue weighted by Gasteiger charge is 2.16. The van der Waals surface area contributed by atoms with Gasteiger partial charge in [0.15, 0.2) is 6.10 Å². The van der Waals surface area contributed by atoms with Crippen LogP contribution in [0.15, 0.2) is 60.8 Å². The third-order valence-electron chi connectivity index (χ3n) is 10.6. The van der Waals surface area contributed by atoms with Gasteiger partial charge in [-0.1, -0.05) is 229 Å². The fourth-order valence-electron chi connectivity index (χ4n) is 6.94. The second kappa shape index (κ2) is 48.0. The van der Waals surface area contributed by atoms with Crippen LogP contribution in [0.3, 0.4) is 0 Å². The van der Waals surface area contributed by atoms with Crippen molar-refractivity contribution in [3.8, 4) is 0 Å². The molecule has 0 heterocycles. The monoisotopic (exact) mass is 797 g/mol. The molecule has 330 valence electrons. The molecule has 0 saturated heterocycles. The lowest BCUT2D eigenvalue weighted by molar-refractivity contribution is -0.161. The van der Waals surface area contributed by atoms with E-state index in [0.717, 1.165) is 89.9 Å². The first-order chi connectivity index (χ1) is 28.1. The van der Waals surface area contributed by atoms with E-state index in [9.17, 15) is 14.7 Å². The van der Waals surface area contributed by atoms with Gasteiger partial charge in [0.05, 0.1) is 6.61 Å². The number of ether oxygens (including phenoxy) is 2. The molecule has 5 nitrogen and oxygen atoms in total. The van der Waals surface area contributed by atoms with Crippen LogP contribution in [-0.4, -0.2) is 36.4 Å². The summed E-state index contributed by atoms with van der Waals surface area (Å²) in [5, 5.41) is 9.61. The zero-order valence-corrected chi connectivity index (χ0v) is 37.6. The third kappa shape index (κ3) is 46.2. The number of hydrogen-bond donors (Lipinski definition) is 1. The van der Waals surface area contributed by atoms with E-state index in [2.05, 4.69) is 74.6 Å². The average molecular weight is 797 g/mol. The van der Waals surface area contributed by atoms with Gasteiger partial charge in [0.2, 0.25) is 0 Å². The molecule has 0 amide bonds. The van der Waals surface area contributed by atoms with Crippen molar-refractivity contribution in [2.24, 2.45) is 0 Å². The van der Waals surface area contributed by atoms with Crippen molar-refractivity contribution in [1.82, 2.24) is 0 Å². The van der Waals surface area contributed by atoms with Crippen LogP contribution in [-0.2, 0) is 19.1 Å². The van der Waals surface area contributed by atoms with Gasteiger partial charge in [-0.3, -0.25) is 9.59 Å². The normalized spacial score (nSPS) is 12.7. The van der Waals surface area contributed by atoms with Gasteiger partial charge in [-0.25, -0.2) is 0 Å². The van der Waals surface area contributed by atoms with Gasteiger partial charge in [-0.2, -0.15) is 0 Å². The minimum atomic E-state index is -0.783. The van der Waals surface area contributed by atoms with Crippen LogP contribution in [0.4, 0.5) is 0 Å². The fraction of sp³-hybridized carbons (Fsp3) is 0.769. The fourth-order valence-corrected chi connectivity index (χ4v) is 6.94. The maximum atomic E-state index is 12.2. The molecule has 0 aromatic carbocycles. The van der Waals surface area contributed by atoms with E-state index in [1.54, 1.807) is 0 Å². The smallest absolute Gasteiger partial charge is 0.306 e. The van der Waals surface area contributed by atoms with Crippen LogP contribution in [0.5, 0.6) is 0 Å². The van der Waals surface area contributed by atoms with Crippen molar-refractivity contribution in [1.29, 1.82) is 0 Å². The number of unbranched alkanes of at least 4 members (excludes halogenated alkanes) is 26. The van der Waals surface area contributed by atoms with Crippen LogP contribution in [0, 0.1) is 0 Å². The Balaban J connectivity index is 3.54. The Morgan fingerprint density at radius 1 is 0.421 bits per heavy atom. The van der Waals surface area contributed by atoms with Gasteiger partial charge in [0.25, 0.3) is 0 Å². The van der Waals surface area contributed by atoms with Crippen molar-refractivity contribution >= 4 is 11.9 Å². The Bertz CT molecular complexity index is 992. The van der Waals surface area contributed by atoms with Crippen LogP contribution in [0.1, 0.15) is 239 Å². The summed E-state index contributed by atoms with van der Waals surface area (Å²) in [6.07, 6.45) is 63.1. The van der Waals surface area contributed by atoms with Crippen molar-refractivity contribution in [2.45, 2.75) is 245 Å². The van der Waals surface area contributed by atoms with Gasteiger partial charge in [-0.15, -0.1) is 0 Å². The predicted molar refractivity (Wildman–Crippen MR) is 247 cm³/mol. The highest BCUT2D eigenvalue weighted by Crippen LogP contribution is 2.16. The number of esters is 2. The Morgan fingerprint density at radius 2 is 0.754 bits per heavy atom. The van der Waals surface area contributed by atoms with Gasteiger partial charge < -0.3 is 14.6 Å². The first kappa shape index (κ1) is 54.6. The Labute approximate surface area is 353 Å². The molecule has 0 spiro atoms. The van der Waals surface area contributed by atoms with E-state index >= 15 is 0 Å². The molecule has 5 heteroatoms. The molecule has 0 saturated carbocycles. The van der Waals surface area contributed by atoms with Gasteiger partial charge in [-0.05, 0) is 57.8 Å². The highest BCUT2D eigenvalue weighted by atomic mass is 16.6. The quantitative estimate of drug-likeness (QED) is 0.0378. The van der Waals surface area contributed by atoms with Crippen molar-refractivity contribution in [3.05, 3.63) is 60.8 Å². The summed E-state index contributed by atoms with van der Waals surface area (Å²) >= 11 is 0. The standard InChI is InChI=1S/C52H92O5/c1-3-5-7-9-11-13-15-17-19-21-23-25-27-28-30-32-34-36-38-40-42-44-46-51(54)56-49-50(48-53)57-52(55)47-45-43-41-39-37-35-33-31-29-26-24-22-20-18-16-14-12-10-8-6-4-2/h6,8,12,14,18,20,24,26,31,33,50,53H,3-5,7,9-11,13,15-17,19,21-23,25,27-30,32,34-49H2,1-2H3/b8-6-,14-12-,20-18-,26-24-,33-31-. The molecule has 0 aliphatic rings. The summed E-state index contributed by atoms with van der Waals surface area (Å²) in [5.41, 5.74) is 0. The second-order valence-electron chi connectivity index (χ2n) is 16.2. The van der Waals surface area contributed by atoms with Crippen LogP contribution >= 0.6 is 0 Å². The number of hydrogen-bond acceptors (Lipinski definition) is 5. The summed E-state index contributed by atoms with van der Waals surface area (Å²) in [4.78, 5) is 24.4. The molecule has 0 bridgehead atoms. The van der Waals surface area contributed by atoms with Gasteiger partial charge >= 0.3 is 11.9 Å². The Morgan fingerprint density at radius 3 is 1.14 bits per heavy atom. The lowest BCUT2D eigenvalue weighted by Crippen LogP contribution is -2.28. The van der Waals surface area contributed by atoms with E-state index in [1.165, 1.54) is 122 Å². The van der Waals surface area contributed by atoms with Crippen LogP contribution < -0.4 is 0 Å². The first-order valence-corrected chi connectivity index (χ1v) is 24.3. The molecule has 0 aliphatic carbocycles. The number of aliphatic hydroxyl groups excluding tert-OH is 1. The summed E-state index contributed by atoms with van der Waals surface area (Å²) < 4.78 is 10.7. The Hall–Kier alpha value is -2.40. The molecule has 0 fully saturated rings. The first-order valence-electron chi connectivity index (χ1n) is 24.3. The average Bonchev–Trinajstić information content (AvgIpc) is 3.21. The second-order valence-corrected chi connectivity index (χ2v) is 16.2. The summed E-state index contributed by atoms with van der Waals surface area (Å²) in [5.74, 6) is -0.606. The molecular weight excluding hydrogens is 705 g/mol. The minimum absolute atomic E-state index is 0.0732. The topological polar surface area (TPSA) is 72.8 Å². The largest absolute Gasteiger partial charge is 0.462 e. The maximum Gasteiger partial charge on any atom is 0.306 e. The van der Waals surface area contributed by atoms with E-state index < -0.39 is 6.10 Å². The SMILES string of the molecule is CC/C=C\C/C=C\C/C=C\C/C=C\C/C=C\CCCCCCCC(=O)OC(CO)COC(=O)CCCCCCCCCCCCCCCCCCCCCCCC. The van der Waals surface area contributed by atoms with Crippen LogP contribution in [0.2, 0.25) is 0 Å². The van der Waals surface area contributed by atoms with Crippen LogP contribution in [0.25, 0.3) is 0 Å². The Kier molecular flexibility index (Phi) is 46.0. The van der Waals surface area contributed by atoms with Crippen molar-refractivity contribution in [2.75, 3.05) is 13.2 Å². The van der Waals surface area contributed by atoms with E-state index in [1.807, 2.05) is 0 Å². The van der Waals surface area contributed by atoms with Gasteiger partial charge in [0.1, 0.15) is 6.61 Å².